The topological polar surface area (TPSA) is 59.0 Å². The van der Waals surface area contributed by atoms with Gasteiger partial charge in [-0.2, -0.15) is 0 Å². The number of unbranched alkanes of at least 4 members (excludes halogenated alkanes) is 1. The average Bonchev–Trinajstić information content (AvgIpc) is 2.42. The molecule has 1 atom stereocenters. The molecule has 120 valence electrons. The Morgan fingerprint density at radius 1 is 1.15 bits per heavy atom. The van der Waals surface area contributed by atoms with Crippen LogP contribution in [0.15, 0.2) is 0 Å². The Balaban J connectivity index is 4.07. The SMILES string of the molecule is CCO[SiH](OCC)C(CC)CCCCN(CC)C(=O)O. The zero-order valence-corrected chi connectivity index (χ0v) is 14.6. The van der Waals surface area contributed by atoms with Gasteiger partial charge in [0.2, 0.25) is 0 Å². The molecule has 0 spiro atoms. The lowest BCUT2D eigenvalue weighted by Crippen LogP contribution is -2.31. The number of hydrogen-bond acceptors (Lipinski definition) is 3. The summed E-state index contributed by atoms with van der Waals surface area (Å²) in [7, 11) is -1.57. The van der Waals surface area contributed by atoms with Gasteiger partial charge < -0.3 is 18.9 Å². The van der Waals surface area contributed by atoms with Crippen LogP contribution in [0, 0.1) is 0 Å². The fourth-order valence-corrected chi connectivity index (χ4v) is 4.47. The van der Waals surface area contributed by atoms with Crippen LogP contribution in [0.1, 0.15) is 53.4 Å². The van der Waals surface area contributed by atoms with Crippen molar-refractivity contribution in [3.8, 4) is 0 Å². The van der Waals surface area contributed by atoms with Crippen LogP contribution in [-0.4, -0.2) is 51.7 Å². The summed E-state index contributed by atoms with van der Waals surface area (Å²) in [4.78, 5) is 12.3. The predicted molar refractivity (Wildman–Crippen MR) is 83.6 cm³/mol. The largest absolute Gasteiger partial charge is 0.465 e. The Morgan fingerprint density at radius 2 is 1.75 bits per heavy atom. The van der Waals surface area contributed by atoms with Gasteiger partial charge in [-0.3, -0.25) is 0 Å². The van der Waals surface area contributed by atoms with Gasteiger partial charge in [-0.25, -0.2) is 4.79 Å². The summed E-state index contributed by atoms with van der Waals surface area (Å²) in [5, 5.41) is 8.95. The van der Waals surface area contributed by atoms with Crippen molar-refractivity contribution in [2.24, 2.45) is 0 Å². The highest BCUT2D eigenvalue weighted by atomic mass is 28.3. The van der Waals surface area contributed by atoms with Crippen molar-refractivity contribution in [3.05, 3.63) is 0 Å². The van der Waals surface area contributed by atoms with E-state index in [9.17, 15) is 4.79 Å². The molecule has 5 nitrogen and oxygen atoms in total. The van der Waals surface area contributed by atoms with Gasteiger partial charge in [0.25, 0.3) is 0 Å². The fraction of sp³-hybridized carbons (Fsp3) is 0.929. The second kappa shape index (κ2) is 12.2. The molecule has 1 amide bonds. The summed E-state index contributed by atoms with van der Waals surface area (Å²) in [5.74, 6) is 0. The smallest absolute Gasteiger partial charge is 0.407 e. The molecule has 0 aliphatic heterocycles. The standard InChI is InChI=1S/C14H31NO4Si/c1-5-13(20(18-7-3)19-8-4)11-9-10-12-15(6-2)14(16)17/h13,20H,5-12H2,1-4H3,(H,16,17). The second-order valence-electron chi connectivity index (χ2n) is 4.81. The molecular formula is C14H31NO4Si. The Labute approximate surface area is 125 Å². The molecule has 20 heavy (non-hydrogen) atoms. The second-order valence-corrected chi connectivity index (χ2v) is 7.15. The highest BCUT2D eigenvalue weighted by Crippen LogP contribution is 2.24. The molecule has 0 aromatic carbocycles. The third-order valence-corrected chi connectivity index (χ3v) is 6.37. The van der Waals surface area contributed by atoms with Crippen molar-refractivity contribution in [3.63, 3.8) is 0 Å². The molecule has 0 aliphatic carbocycles. The van der Waals surface area contributed by atoms with Gasteiger partial charge in [0, 0.05) is 26.3 Å². The maximum atomic E-state index is 10.9. The number of amides is 1. The maximum Gasteiger partial charge on any atom is 0.407 e. The van der Waals surface area contributed by atoms with E-state index >= 15 is 0 Å². The van der Waals surface area contributed by atoms with Crippen LogP contribution < -0.4 is 0 Å². The van der Waals surface area contributed by atoms with Crippen molar-refractivity contribution >= 4 is 15.4 Å². The van der Waals surface area contributed by atoms with Gasteiger partial charge in [0.1, 0.15) is 0 Å². The third-order valence-electron chi connectivity index (χ3n) is 3.48. The van der Waals surface area contributed by atoms with E-state index in [0.717, 1.165) is 38.9 Å². The third kappa shape index (κ3) is 7.87. The summed E-state index contributed by atoms with van der Waals surface area (Å²) in [5.41, 5.74) is 0.523. The molecule has 0 aromatic heterocycles. The molecule has 0 saturated carbocycles. The maximum absolute atomic E-state index is 10.9. The minimum absolute atomic E-state index is 0.523. The zero-order chi connectivity index (χ0) is 15.4. The average molecular weight is 305 g/mol. The van der Waals surface area contributed by atoms with Gasteiger partial charge in [-0.1, -0.05) is 19.8 Å². The van der Waals surface area contributed by atoms with E-state index in [-0.39, 0.29) is 0 Å². The van der Waals surface area contributed by atoms with Crippen molar-refractivity contribution < 1.29 is 18.8 Å². The number of carbonyl (C=O) groups is 1. The van der Waals surface area contributed by atoms with E-state index in [1.54, 1.807) is 0 Å². The Morgan fingerprint density at radius 3 is 2.15 bits per heavy atom. The summed E-state index contributed by atoms with van der Waals surface area (Å²) in [6, 6.07) is 0. The quantitative estimate of drug-likeness (QED) is 0.444. The Kier molecular flexibility index (Phi) is 11.8. The molecule has 1 N–H and O–H groups in total. The lowest BCUT2D eigenvalue weighted by Gasteiger charge is -2.24. The van der Waals surface area contributed by atoms with Crippen LogP contribution in [0.2, 0.25) is 5.54 Å². The fourth-order valence-electron chi connectivity index (χ4n) is 2.28. The van der Waals surface area contributed by atoms with Gasteiger partial charge >= 0.3 is 15.4 Å². The lowest BCUT2D eigenvalue weighted by atomic mass is 10.1. The van der Waals surface area contributed by atoms with E-state index in [1.807, 2.05) is 20.8 Å². The van der Waals surface area contributed by atoms with Crippen molar-refractivity contribution in [2.45, 2.75) is 58.9 Å². The highest BCUT2D eigenvalue weighted by Gasteiger charge is 2.23. The van der Waals surface area contributed by atoms with Gasteiger partial charge in [0.15, 0.2) is 0 Å². The normalized spacial score (nSPS) is 12.7. The first-order valence-electron chi connectivity index (χ1n) is 7.81. The van der Waals surface area contributed by atoms with E-state index in [2.05, 4.69) is 6.92 Å². The van der Waals surface area contributed by atoms with Gasteiger partial charge in [-0.05, 0) is 39.2 Å². The molecule has 0 rings (SSSR count). The first-order valence-corrected chi connectivity index (χ1v) is 9.42. The van der Waals surface area contributed by atoms with E-state index in [4.69, 9.17) is 14.0 Å². The first-order chi connectivity index (χ1) is 9.60. The molecule has 0 saturated heterocycles. The van der Waals surface area contributed by atoms with Crippen molar-refractivity contribution in [1.82, 2.24) is 4.90 Å². The molecule has 0 radical (unpaired) electrons. The molecule has 0 heterocycles. The highest BCUT2D eigenvalue weighted by molar-refractivity contribution is 6.46. The lowest BCUT2D eigenvalue weighted by molar-refractivity contribution is 0.146. The van der Waals surface area contributed by atoms with Crippen LogP contribution in [-0.2, 0) is 8.85 Å². The van der Waals surface area contributed by atoms with Crippen LogP contribution in [0.25, 0.3) is 0 Å². The zero-order valence-electron chi connectivity index (χ0n) is 13.4. The minimum atomic E-state index is -1.57. The number of hydrogen-bond donors (Lipinski definition) is 1. The van der Waals surface area contributed by atoms with E-state index in [0.29, 0.717) is 18.6 Å². The molecule has 0 aliphatic rings. The van der Waals surface area contributed by atoms with E-state index < -0.39 is 15.4 Å². The molecular weight excluding hydrogens is 274 g/mol. The predicted octanol–water partition coefficient (Wildman–Crippen LogP) is 3.23. The summed E-state index contributed by atoms with van der Waals surface area (Å²) >= 11 is 0. The van der Waals surface area contributed by atoms with Gasteiger partial charge in [-0.15, -0.1) is 0 Å². The Hall–Kier alpha value is -0.593. The summed E-state index contributed by atoms with van der Waals surface area (Å²) in [6.07, 6.45) is 3.27. The van der Waals surface area contributed by atoms with Gasteiger partial charge in [0.05, 0.1) is 0 Å². The van der Waals surface area contributed by atoms with Crippen LogP contribution in [0.3, 0.4) is 0 Å². The Bertz CT molecular complexity index is 247. The minimum Gasteiger partial charge on any atom is -0.465 e. The number of rotatable bonds is 12. The van der Waals surface area contributed by atoms with Crippen molar-refractivity contribution in [2.75, 3.05) is 26.3 Å². The van der Waals surface area contributed by atoms with E-state index in [1.165, 1.54) is 4.90 Å². The molecule has 1 unspecified atom stereocenters. The molecule has 0 fully saturated rings. The molecule has 6 heteroatoms. The van der Waals surface area contributed by atoms with Crippen LogP contribution >= 0.6 is 0 Å². The van der Waals surface area contributed by atoms with Crippen LogP contribution in [0.5, 0.6) is 0 Å². The molecule has 0 bridgehead atoms. The first kappa shape index (κ1) is 19.4. The van der Waals surface area contributed by atoms with Crippen LogP contribution in [0.4, 0.5) is 4.79 Å². The van der Waals surface area contributed by atoms with Crippen molar-refractivity contribution in [1.29, 1.82) is 0 Å². The monoisotopic (exact) mass is 305 g/mol. The molecule has 0 aromatic rings. The summed E-state index contributed by atoms with van der Waals surface area (Å²) in [6.45, 7) is 10.7. The summed E-state index contributed by atoms with van der Waals surface area (Å²) < 4.78 is 11.6. The number of carboxylic acid groups (broad SMARTS) is 1. The number of nitrogens with zero attached hydrogens (tertiary/aromatic N) is 1.